The van der Waals surface area contributed by atoms with Gasteiger partial charge in [0.25, 0.3) is 0 Å². The second kappa shape index (κ2) is 6.50. The highest BCUT2D eigenvalue weighted by molar-refractivity contribution is 6.30. The average Bonchev–Trinajstić information content (AvgIpc) is 2.52. The molecular formula is C19H25ClN2. The van der Waals surface area contributed by atoms with Crippen LogP contribution in [0.15, 0.2) is 18.2 Å². The zero-order valence-corrected chi connectivity index (χ0v) is 14.2. The Bertz CT molecular complexity index is 569. The van der Waals surface area contributed by atoms with E-state index < -0.39 is 0 Å². The van der Waals surface area contributed by atoms with Crippen molar-refractivity contribution in [2.75, 3.05) is 11.4 Å². The Hall–Kier alpha value is -1.20. The lowest BCUT2D eigenvalue weighted by Crippen LogP contribution is -2.54. The van der Waals surface area contributed by atoms with Gasteiger partial charge in [0, 0.05) is 29.2 Å². The summed E-state index contributed by atoms with van der Waals surface area (Å²) in [5.41, 5.74) is 3.07. The van der Waals surface area contributed by atoms with E-state index in [-0.39, 0.29) is 0 Å². The lowest BCUT2D eigenvalue weighted by molar-refractivity contribution is 0.233. The van der Waals surface area contributed by atoms with Crippen LogP contribution in [0.2, 0.25) is 5.02 Å². The molecule has 1 aromatic carbocycles. The van der Waals surface area contributed by atoms with Gasteiger partial charge < -0.3 is 4.90 Å². The zero-order chi connectivity index (χ0) is 15.6. The zero-order valence-electron chi connectivity index (χ0n) is 13.4. The van der Waals surface area contributed by atoms with Crippen molar-refractivity contribution in [1.82, 2.24) is 0 Å². The van der Waals surface area contributed by atoms with Crippen LogP contribution < -0.4 is 4.90 Å². The van der Waals surface area contributed by atoms with Gasteiger partial charge in [0.2, 0.25) is 0 Å². The molecule has 1 aliphatic heterocycles. The summed E-state index contributed by atoms with van der Waals surface area (Å²) in [6.45, 7) is 3.34. The van der Waals surface area contributed by atoms with Gasteiger partial charge >= 0.3 is 0 Å². The highest BCUT2D eigenvalue weighted by Gasteiger charge is 2.43. The van der Waals surface area contributed by atoms with Gasteiger partial charge in [-0.25, -0.2) is 0 Å². The number of benzene rings is 1. The van der Waals surface area contributed by atoms with Crippen LogP contribution in [0.25, 0.3) is 0 Å². The molecule has 1 unspecified atom stereocenters. The third-order valence-electron chi connectivity index (χ3n) is 5.52. The third-order valence-corrected chi connectivity index (χ3v) is 5.76. The smallest absolute Gasteiger partial charge is 0.0622 e. The first-order valence-corrected chi connectivity index (χ1v) is 8.98. The van der Waals surface area contributed by atoms with Crippen LogP contribution in [0.3, 0.4) is 0 Å². The Kier molecular flexibility index (Phi) is 4.64. The molecule has 2 nitrogen and oxygen atoms in total. The van der Waals surface area contributed by atoms with Crippen LogP contribution in [-0.2, 0) is 0 Å². The fourth-order valence-electron chi connectivity index (χ4n) is 4.57. The van der Waals surface area contributed by atoms with E-state index in [1.807, 2.05) is 6.07 Å². The van der Waals surface area contributed by atoms with Crippen molar-refractivity contribution in [3.63, 3.8) is 0 Å². The van der Waals surface area contributed by atoms with Crippen molar-refractivity contribution in [1.29, 1.82) is 5.26 Å². The normalized spacial score (nSPS) is 23.1. The van der Waals surface area contributed by atoms with E-state index in [4.69, 9.17) is 16.9 Å². The largest absolute Gasteiger partial charge is 0.366 e. The molecule has 0 aromatic heterocycles. The SMILES string of the molecule is CC1CC2(CCCCC2)N(CCCC#N)c2ccc(Cl)cc21. The molecule has 1 fully saturated rings. The number of fused-ring (bicyclic) bond motifs is 1. The van der Waals surface area contributed by atoms with Crippen LogP contribution in [-0.4, -0.2) is 12.1 Å². The fraction of sp³-hybridized carbons (Fsp3) is 0.632. The molecule has 0 amide bonds. The van der Waals surface area contributed by atoms with E-state index in [1.165, 1.54) is 49.8 Å². The van der Waals surface area contributed by atoms with Crippen molar-refractivity contribution in [2.24, 2.45) is 0 Å². The molecule has 3 rings (SSSR count). The number of halogens is 1. The van der Waals surface area contributed by atoms with Crippen LogP contribution in [0.4, 0.5) is 5.69 Å². The molecule has 1 atom stereocenters. The van der Waals surface area contributed by atoms with Gasteiger partial charge in [-0.2, -0.15) is 5.26 Å². The molecule has 0 radical (unpaired) electrons. The Morgan fingerprint density at radius 1 is 1.32 bits per heavy atom. The first-order chi connectivity index (χ1) is 10.7. The molecule has 1 aliphatic carbocycles. The molecule has 3 heteroatoms. The van der Waals surface area contributed by atoms with Crippen molar-refractivity contribution < 1.29 is 0 Å². The molecule has 2 aliphatic rings. The van der Waals surface area contributed by atoms with Gasteiger partial charge in [0.15, 0.2) is 0 Å². The van der Waals surface area contributed by atoms with Crippen molar-refractivity contribution in [2.45, 2.75) is 69.7 Å². The molecule has 22 heavy (non-hydrogen) atoms. The molecule has 1 aromatic rings. The maximum absolute atomic E-state index is 8.89. The minimum atomic E-state index is 0.313. The van der Waals surface area contributed by atoms with Crippen molar-refractivity contribution in [3.05, 3.63) is 28.8 Å². The van der Waals surface area contributed by atoms with Crippen LogP contribution in [0.5, 0.6) is 0 Å². The number of hydrogen-bond acceptors (Lipinski definition) is 2. The number of nitrogens with zero attached hydrogens (tertiary/aromatic N) is 2. The lowest BCUT2D eigenvalue weighted by Gasteiger charge is -2.53. The number of hydrogen-bond donors (Lipinski definition) is 0. The van der Waals surface area contributed by atoms with Crippen LogP contribution in [0.1, 0.15) is 69.8 Å². The number of nitriles is 1. The molecule has 0 N–H and O–H groups in total. The van der Waals surface area contributed by atoms with Gasteiger partial charge in [-0.15, -0.1) is 0 Å². The van der Waals surface area contributed by atoms with E-state index in [1.54, 1.807) is 0 Å². The van der Waals surface area contributed by atoms with E-state index in [0.717, 1.165) is 18.0 Å². The Labute approximate surface area is 139 Å². The van der Waals surface area contributed by atoms with Gasteiger partial charge in [0.1, 0.15) is 0 Å². The minimum Gasteiger partial charge on any atom is -0.366 e. The highest BCUT2D eigenvalue weighted by atomic mass is 35.5. The van der Waals surface area contributed by atoms with Gasteiger partial charge in [-0.3, -0.25) is 0 Å². The summed E-state index contributed by atoms with van der Waals surface area (Å²) in [4.78, 5) is 2.63. The molecule has 1 spiro atoms. The summed E-state index contributed by atoms with van der Waals surface area (Å²) in [6.07, 6.45) is 9.47. The summed E-state index contributed by atoms with van der Waals surface area (Å²) in [5.74, 6) is 0.569. The van der Waals surface area contributed by atoms with E-state index in [9.17, 15) is 0 Å². The molecule has 0 bridgehead atoms. The number of rotatable bonds is 3. The topological polar surface area (TPSA) is 27.0 Å². The second-order valence-electron chi connectivity index (χ2n) is 7.01. The Balaban J connectivity index is 1.97. The first-order valence-electron chi connectivity index (χ1n) is 8.60. The lowest BCUT2D eigenvalue weighted by atomic mass is 9.70. The molecular weight excluding hydrogens is 292 g/mol. The van der Waals surface area contributed by atoms with Crippen molar-refractivity contribution >= 4 is 17.3 Å². The van der Waals surface area contributed by atoms with Crippen LogP contribution >= 0.6 is 11.6 Å². The Morgan fingerprint density at radius 3 is 2.82 bits per heavy atom. The average molecular weight is 317 g/mol. The second-order valence-corrected chi connectivity index (χ2v) is 7.44. The molecule has 1 saturated carbocycles. The molecule has 1 heterocycles. The maximum atomic E-state index is 8.89. The first kappa shape index (κ1) is 15.7. The Morgan fingerprint density at radius 2 is 2.09 bits per heavy atom. The van der Waals surface area contributed by atoms with E-state index in [0.29, 0.717) is 17.9 Å². The standard InChI is InChI=1S/C19H25ClN2/c1-15-14-19(9-3-2-4-10-19)22(12-6-5-11-21)18-8-7-16(20)13-17(15)18/h7-8,13,15H,2-6,9-10,12,14H2,1H3. The quantitative estimate of drug-likeness (QED) is 0.673. The summed E-state index contributed by atoms with van der Waals surface area (Å²) >= 11 is 6.23. The summed E-state index contributed by atoms with van der Waals surface area (Å²) in [7, 11) is 0. The molecule has 118 valence electrons. The van der Waals surface area contributed by atoms with Crippen molar-refractivity contribution in [3.8, 4) is 6.07 Å². The molecule has 0 saturated heterocycles. The van der Waals surface area contributed by atoms with E-state index in [2.05, 4.69) is 30.0 Å². The van der Waals surface area contributed by atoms with Gasteiger partial charge in [0.05, 0.1) is 6.07 Å². The van der Waals surface area contributed by atoms with Gasteiger partial charge in [-0.05, 0) is 55.4 Å². The summed E-state index contributed by atoms with van der Waals surface area (Å²) in [6, 6.07) is 8.66. The number of unbranched alkanes of at least 4 members (excludes halogenated alkanes) is 1. The monoisotopic (exact) mass is 316 g/mol. The van der Waals surface area contributed by atoms with Gasteiger partial charge in [-0.1, -0.05) is 37.8 Å². The maximum Gasteiger partial charge on any atom is 0.0622 e. The predicted molar refractivity (Wildman–Crippen MR) is 92.5 cm³/mol. The minimum absolute atomic E-state index is 0.313. The number of anilines is 1. The highest BCUT2D eigenvalue weighted by Crippen LogP contribution is 2.50. The van der Waals surface area contributed by atoms with E-state index >= 15 is 0 Å². The summed E-state index contributed by atoms with van der Waals surface area (Å²) in [5, 5.41) is 9.72. The summed E-state index contributed by atoms with van der Waals surface area (Å²) < 4.78 is 0. The van der Waals surface area contributed by atoms with Crippen LogP contribution in [0, 0.1) is 11.3 Å². The predicted octanol–water partition coefficient (Wildman–Crippen LogP) is 5.66. The fourth-order valence-corrected chi connectivity index (χ4v) is 4.75. The third kappa shape index (κ3) is 2.84.